The maximum Gasteiger partial charge on any atom is 0.255 e. The van der Waals surface area contributed by atoms with Gasteiger partial charge < -0.3 is 10.4 Å². The van der Waals surface area contributed by atoms with E-state index in [0.29, 0.717) is 25.0 Å². The first-order valence-corrected chi connectivity index (χ1v) is 12.1. The first kappa shape index (κ1) is 23.6. The van der Waals surface area contributed by atoms with Crippen LogP contribution < -0.4 is 5.32 Å². The topological polar surface area (TPSA) is 83.5 Å². The van der Waals surface area contributed by atoms with E-state index in [1.807, 2.05) is 0 Å². The minimum absolute atomic E-state index is 0.0809. The molecular formula is C23H19ClF3NO4S. The van der Waals surface area contributed by atoms with E-state index in [-0.39, 0.29) is 45.8 Å². The zero-order chi connectivity index (χ0) is 24.1. The summed E-state index contributed by atoms with van der Waals surface area (Å²) >= 11 is 6.19. The minimum atomic E-state index is -4.00. The van der Waals surface area contributed by atoms with Gasteiger partial charge in [-0.1, -0.05) is 17.5 Å². The van der Waals surface area contributed by atoms with Crippen LogP contribution in [-0.4, -0.2) is 30.3 Å². The Labute approximate surface area is 193 Å². The average molecular weight is 498 g/mol. The quantitative estimate of drug-likeness (QED) is 0.486. The van der Waals surface area contributed by atoms with E-state index in [4.69, 9.17) is 18.0 Å². The van der Waals surface area contributed by atoms with Gasteiger partial charge in [0, 0.05) is 23.4 Å². The molecule has 2 aromatic carbocycles. The van der Waals surface area contributed by atoms with E-state index >= 15 is 0 Å². The zero-order valence-electron chi connectivity index (χ0n) is 17.1. The summed E-state index contributed by atoms with van der Waals surface area (Å²) in [6.07, 6.45) is 6.94. The predicted molar refractivity (Wildman–Crippen MR) is 116 cm³/mol. The molecule has 2 unspecified atom stereocenters. The Morgan fingerprint density at radius 3 is 2.24 bits per heavy atom. The molecule has 2 bridgehead atoms. The van der Waals surface area contributed by atoms with E-state index in [9.17, 15) is 31.5 Å². The Kier molecular flexibility index (Phi) is 5.97. The van der Waals surface area contributed by atoms with Crippen molar-refractivity contribution in [2.45, 2.75) is 41.4 Å². The lowest BCUT2D eigenvalue weighted by Crippen LogP contribution is -2.45. The van der Waals surface area contributed by atoms with Crippen LogP contribution in [0.3, 0.4) is 0 Å². The van der Waals surface area contributed by atoms with Gasteiger partial charge in [-0.05, 0) is 55.7 Å². The molecule has 2 atom stereocenters. The first-order valence-electron chi connectivity index (χ1n) is 10.1. The standard InChI is InChI=1S/C23H19ClF3NO4S/c1-2-23(30)10-13-3-4-14(11-23)21(13)33(31,32)19-7-12(5-6-16(19)24)22(29)28-15-8-17(25)20(27)18(26)9-15/h1,5-9,13-14,21,30H,3-4,10-11H2,(H,28,29)/t13?,14?,21-,23+. The van der Waals surface area contributed by atoms with Crippen LogP contribution in [0.4, 0.5) is 18.9 Å². The molecule has 0 heterocycles. The number of aliphatic hydroxyl groups is 1. The molecule has 33 heavy (non-hydrogen) atoms. The summed E-state index contributed by atoms with van der Waals surface area (Å²) in [4.78, 5) is 12.4. The molecule has 2 aliphatic rings. The summed E-state index contributed by atoms with van der Waals surface area (Å²) in [6.45, 7) is 0. The van der Waals surface area contributed by atoms with Gasteiger partial charge in [-0.25, -0.2) is 21.6 Å². The fraction of sp³-hybridized carbons (Fsp3) is 0.348. The molecule has 0 radical (unpaired) electrons. The monoisotopic (exact) mass is 497 g/mol. The summed E-state index contributed by atoms with van der Waals surface area (Å²) < 4.78 is 67.1. The van der Waals surface area contributed by atoms with Gasteiger partial charge in [0.2, 0.25) is 0 Å². The van der Waals surface area contributed by atoms with Crippen LogP contribution in [0.5, 0.6) is 0 Å². The molecule has 10 heteroatoms. The Hall–Kier alpha value is -2.54. The van der Waals surface area contributed by atoms with Gasteiger partial charge in [0.1, 0.15) is 5.60 Å². The lowest BCUT2D eigenvalue weighted by Gasteiger charge is -2.38. The van der Waals surface area contributed by atoms with Crippen LogP contribution in [0.2, 0.25) is 5.02 Å². The molecule has 5 nitrogen and oxygen atoms in total. The molecule has 2 aliphatic carbocycles. The number of fused-ring (bicyclic) bond motifs is 2. The zero-order valence-corrected chi connectivity index (χ0v) is 18.7. The Morgan fingerprint density at radius 1 is 1.12 bits per heavy atom. The molecular weight excluding hydrogens is 479 g/mol. The molecule has 2 saturated carbocycles. The number of benzene rings is 2. The summed E-state index contributed by atoms with van der Waals surface area (Å²) in [5.74, 6) is -3.84. The molecule has 2 N–H and O–H groups in total. The van der Waals surface area contributed by atoms with E-state index in [2.05, 4.69) is 11.2 Å². The SMILES string of the molecule is C#C[C@]1(O)CC2CCC(C1)[C@@H]2S(=O)(=O)c1cc(C(=O)Nc2cc(F)c(F)c(F)c2)ccc1Cl. The molecule has 0 aromatic heterocycles. The van der Waals surface area contributed by atoms with Crippen molar-refractivity contribution in [1.82, 2.24) is 0 Å². The smallest absolute Gasteiger partial charge is 0.255 e. The van der Waals surface area contributed by atoms with Crippen LogP contribution in [-0.2, 0) is 9.84 Å². The third-order valence-corrected chi connectivity index (χ3v) is 9.28. The predicted octanol–water partition coefficient (Wildman–Crippen LogP) is 4.34. The van der Waals surface area contributed by atoms with Crippen LogP contribution in [0.1, 0.15) is 36.0 Å². The second-order valence-corrected chi connectivity index (χ2v) is 11.0. The minimum Gasteiger partial charge on any atom is -0.378 e. The van der Waals surface area contributed by atoms with Gasteiger partial charge in [0.05, 0.1) is 15.2 Å². The molecule has 0 saturated heterocycles. The number of hydrogen-bond acceptors (Lipinski definition) is 4. The lowest BCUT2D eigenvalue weighted by molar-refractivity contribution is 0.0342. The van der Waals surface area contributed by atoms with E-state index in [1.54, 1.807) is 0 Å². The second kappa shape index (κ2) is 8.35. The maximum absolute atomic E-state index is 13.5. The van der Waals surface area contributed by atoms with E-state index in [1.165, 1.54) is 12.1 Å². The van der Waals surface area contributed by atoms with E-state index in [0.717, 1.165) is 6.07 Å². The van der Waals surface area contributed by atoms with E-state index < -0.39 is 44.0 Å². The van der Waals surface area contributed by atoms with Gasteiger partial charge in [0.15, 0.2) is 27.3 Å². The summed E-state index contributed by atoms with van der Waals surface area (Å²) in [6, 6.07) is 4.83. The number of hydrogen-bond donors (Lipinski definition) is 2. The van der Waals surface area contributed by atoms with Crippen molar-refractivity contribution in [2.24, 2.45) is 11.8 Å². The van der Waals surface area contributed by atoms with Crippen molar-refractivity contribution in [3.05, 3.63) is 58.4 Å². The molecule has 1 amide bonds. The number of anilines is 1. The Balaban J connectivity index is 1.64. The van der Waals surface area contributed by atoms with Crippen molar-refractivity contribution >= 4 is 33.0 Å². The van der Waals surface area contributed by atoms with Gasteiger partial charge in [0.25, 0.3) is 5.91 Å². The van der Waals surface area contributed by atoms with Crippen molar-refractivity contribution in [3.8, 4) is 12.3 Å². The highest BCUT2D eigenvalue weighted by Crippen LogP contribution is 2.51. The molecule has 0 aliphatic heterocycles. The summed E-state index contributed by atoms with van der Waals surface area (Å²) in [5.41, 5.74) is -1.80. The number of halogens is 4. The summed E-state index contributed by atoms with van der Waals surface area (Å²) in [7, 11) is -4.00. The highest BCUT2D eigenvalue weighted by molar-refractivity contribution is 7.92. The fourth-order valence-electron chi connectivity index (χ4n) is 4.99. The number of terminal acetylenes is 1. The molecule has 2 aromatic rings. The van der Waals surface area contributed by atoms with Crippen LogP contribution in [0, 0.1) is 41.6 Å². The molecule has 4 rings (SSSR count). The number of amides is 1. The molecule has 0 spiro atoms. The highest BCUT2D eigenvalue weighted by Gasteiger charge is 2.54. The van der Waals surface area contributed by atoms with Crippen molar-refractivity contribution in [3.63, 3.8) is 0 Å². The number of nitrogens with one attached hydrogen (secondary N) is 1. The van der Waals surface area contributed by atoms with Crippen molar-refractivity contribution in [1.29, 1.82) is 0 Å². The van der Waals surface area contributed by atoms with Gasteiger partial charge in [-0.15, -0.1) is 6.42 Å². The fourth-order valence-corrected chi connectivity index (χ4v) is 7.84. The molecule has 174 valence electrons. The Morgan fingerprint density at radius 2 is 1.70 bits per heavy atom. The van der Waals surface area contributed by atoms with Crippen LogP contribution in [0.15, 0.2) is 35.2 Å². The van der Waals surface area contributed by atoms with Gasteiger partial charge in [-0.3, -0.25) is 4.79 Å². The number of carbonyl (C=O) groups excluding carboxylic acids is 1. The van der Waals surface area contributed by atoms with Gasteiger partial charge in [-0.2, -0.15) is 0 Å². The lowest BCUT2D eigenvalue weighted by atomic mass is 9.78. The van der Waals surface area contributed by atoms with Crippen molar-refractivity contribution < 1.29 is 31.5 Å². The van der Waals surface area contributed by atoms with Gasteiger partial charge >= 0.3 is 0 Å². The summed E-state index contributed by atoms with van der Waals surface area (Å²) in [5, 5.41) is 11.8. The second-order valence-electron chi connectivity index (χ2n) is 8.54. The largest absolute Gasteiger partial charge is 0.378 e. The maximum atomic E-state index is 13.5. The van der Waals surface area contributed by atoms with Crippen molar-refractivity contribution in [2.75, 3.05) is 5.32 Å². The number of sulfone groups is 1. The Bertz CT molecular complexity index is 1250. The van der Waals surface area contributed by atoms with Crippen LogP contribution >= 0.6 is 11.6 Å². The number of rotatable bonds is 4. The molecule has 2 fully saturated rings. The highest BCUT2D eigenvalue weighted by atomic mass is 35.5. The first-order chi connectivity index (χ1) is 15.4. The number of carbonyl (C=O) groups is 1. The average Bonchev–Trinajstić information content (AvgIpc) is 3.05. The third kappa shape index (κ3) is 4.23. The third-order valence-electron chi connectivity index (χ3n) is 6.41. The van der Waals surface area contributed by atoms with Crippen LogP contribution in [0.25, 0.3) is 0 Å². The normalized spacial score (nSPS) is 26.6.